The van der Waals surface area contributed by atoms with Gasteiger partial charge in [-0.3, -0.25) is 0 Å². The largest absolute Gasteiger partial charge is 0.309 e. The van der Waals surface area contributed by atoms with Crippen molar-refractivity contribution in [3.8, 4) is 62.1 Å². The molecule has 3 aliphatic carbocycles. The maximum Gasteiger partial charge on any atom is 0.164 e. The number of fused-ring (bicyclic) bond motifs is 9. The molecule has 3 saturated carbocycles. The summed E-state index contributed by atoms with van der Waals surface area (Å²) in [5, 5.41) is 5.18. The first-order valence-electron chi connectivity index (χ1n) is 22.7. The van der Waals surface area contributed by atoms with Crippen LogP contribution in [0.5, 0.6) is 0 Å². The predicted octanol–water partition coefficient (Wildman–Crippen LogP) is 15.9. The second-order valence-electron chi connectivity index (χ2n) is 18.0. The lowest BCUT2D eigenvalue weighted by molar-refractivity contribution is 0.136. The molecule has 0 radical (unpaired) electrons. The van der Waals surface area contributed by atoms with E-state index in [2.05, 4.69) is 174 Å². The highest BCUT2D eigenvalue weighted by Gasteiger charge is 2.41. The van der Waals surface area contributed by atoms with Crippen LogP contribution in [0.15, 0.2) is 188 Å². The summed E-state index contributed by atoms with van der Waals surface area (Å²) < 4.78 is 5.06. The fourth-order valence-corrected chi connectivity index (χ4v) is 12.4. The number of hydrogen-bond acceptors (Lipinski definition) is 4. The van der Waals surface area contributed by atoms with Gasteiger partial charge in [0.2, 0.25) is 0 Å². The van der Waals surface area contributed by atoms with E-state index >= 15 is 0 Å². The third kappa shape index (κ3) is 6.13. The van der Waals surface area contributed by atoms with Gasteiger partial charge in [-0.15, -0.1) is 11.3 Å². The maximum absolute atomic E-state index is 5.34. The lowest BCUT2D eigenvalue weighted by Gasteiger charge is -2.47. The maximum atomic E-state index is 5.34. The Bertz CT molecular complexity index is 3560. The van der Waals surface area contributed by atoms with Crippen LogP contribution in [0.2, 0.25) is 0 Å². The van der Waals surface area contributed by atoms with Crippen molar-refractivity contribution in [1.82, 2.24) is 19.5 Å². The molecule has 3 fully saturated rings. The summed E-state index contributed by atoms with van der Waals surface area (Å²) in [6.07, 6.45) is 8.04. The van der Waals surface area contributed by atoms with Gasteiger partial charge in [-0.25, -0.2) is 15.0 Å². The van der Waals surface area contributed by atoms with Gasteiger partial charge in [0.1, 0.15) is 0 Å². The van der Waals surface area contributed by atoms with Gasteiger partial charge in [0.25, 0.3) is 0 Å². The van der Waals surface area contributed by atoms with E-state index in [0.29, 0.717) is 22.9 Å². The number of aromatic nitrogens is 4. The molecule has 0 amide bonds. The highest BCUT2D eigenvalue weighted by atomic mass is 32.1. The number of para-hydroxylation sites is 1. The van der Waals surface area contributed by atoms with E-state index in [-0.39, 0.29) is 0 Å². The Kier molecular flexibility index (Phi) is 8.73. The fraction of sp³-hybridized carbons (Fsp3) is 0.136. The molecule has 0 unspecified atom stereocenters. The van der Waals surface area contributed by atoms with Crippen molar-refractivity contribution in [2.75, 3.05) is 0 Å². The van der Waals surface area contributed by atoms with Gasteiger partial charge < -0.3 is 4.57 Å². The van der Waals surface area contributed by atoms with E-state index in [4.69, 9.17) is 15.0 Å². The highest BCUT2D eigenvalue weighted by molar-refractivity contribution is 7.26. The molecule has 11 aromatic rings. The molecule has 2 bridgehead atoms. The lowest BCUT2D eigenvalue weighted by atomic mass is 9.58. The van der Waals surface area contributed by atoms with Crippen molar-refractivity contribution in [3.63, 3.8) is 0 Å². The number of benzene rings is 8. The summed E-state index contributed by atoms with van der Waals surface area (Å²) in [6.45, 7) is 0. The third-order valence-corrected chi connectivity index (χ3v) is 15.7. The topological polar surface area (TPSA) is 43.6 Å². The van der Waals surface area contributed by atoms with Crippen LogP contribution in [-0.4, -0.2) is 19.5 Å². The second-order valence-corrected chi connectivity index (χ2v) is 19.0. The Balaban J connectivity index is 0.996. The Morgan fingerprint density at radius 1 is 0.422 bits per heavy atom. The van der Waals surface area contributed by atoms with Crippen molar-refractivity contribution >= 4 is 53.3 Å². The average Bonchev–Trinajstić information content (AvgIpc) is 3.93. The van der Waals surface area contributed by atoms with Crippen LogP contribution in [0.4, 0.5) is 0 Å². The van der Waals surface area contributed by atoms with Crippen molar-refractivity contribution in [2.45, 2.75) is 43.9 Å². The molecule has 0 aliphatic heterocycles. The zero-order valence-electron chi connectivity index (χ0n) is 35.4. The molecular formula is C59H44N4S. The molecule has 0 saturated heterocycles. The molecule has 3 aliphatic rings. The highest BCUT2D eigenvalue weighted by Crippen LogP contribution is 2.52. The van der Waals surface area contributed by atoms with Gasteiger partial charge in [-0.1, -0.05) is 152 Å². The van der Waals surface area contributed by atoms with Gasteiger partial charge in [0.15, 0.2) is 17.5 Å². The van der Waals surface area contributed by atoms with Crippen LogP contribution in [0.25, 0.3) is 104 Å². The minimum absolute atomic E-state index is 0.305. The minimum atomic E-state index is 0.305. The van der Waals surface area contributed by atoms with Crippen LogP contribution >= 0.6 is 11.3 Å². The first-order chi connectivity index (χ1) is 31.7. The van der Waals surface area contributed by atoms with Gasteiger partial charge in [-0.05, 0) is 109 Å². The van der Waals surface area contributed by atoms with Crippen LogP contribution in [-0.2, 0) is 5.41 Å². The van der Waals surface area contributed by atoms with Gasteiger partial charge in [0, 0.05) is 53.2 Å². The lowest BCUT2D eigenvalue weighted by Crippen LogP contribution is -2.37. The monoisotopic (exact) mass is 840 g/mol. The van der Waals surface area contributed by atoms with E-state index in [1.54, 1.807) is 0 Å². The Morgan fingerprint density at radius 3 is 1.80 bits per heavy atom. The Morgan fingerprint density at radius 2 is 1.02 bits per heavy atom. The minimum Gasteiger partial charge on any atom is -0.309 e. The molecule has 0 atom stereocenters. The normalized spacial score (nSPS) is 17.2. The van der Waals surface area contributed by atoms with E-state index in [1.165, 1.54) is 91.6 Å². The molecule has 4 nitrogen and oxygen atoms in total. The quantitative estimate of drug-likeness (QED) is 0.161. The zero-order chi connectivity index (χ0) is 42.2. The van der Waals surface area contributed by atoms with Crippen molar-refractivity contribution in [1.29, 1.82) is 0 Å². The SMILES string of the molecule is c1ccc(-c2nc(-c3cccc(-c4cccc5c4sc4ccccc45)c3)nc(-c3ccc(-c4ccccc4)c(-n4c5ccccc5c5cc(C67CCC(CC6)CC7)ccc54)c3)n2)cc1. The van der Waals surface area contributed by atoms with E-state index < -0.39 is 0 Å². The number of nitrogens with zero attached hydrogens (tertiary/aromatic N) is 4. The average molecular weight is 841 g/mol. The van der Waals surface area contributed by atoms with Crippen molar-refractivity contribution in [2.24, 2.45) is 5.92 Å². The first kappa shape index (κ1) is 37.4. The molecule has 3 aromatic heterocycles. The van der Waals surface area contributed by atoms with Crippen molar-refractivity contribution < 1.29 is 0 Å². The van der Waals surface area contributed by atoms with E-state index in [9.17, 15) is 0 Å². The van der Waals surface area contributed by atoms with E-state index in [0.717, 1.165) is 45.0 Å². The smallest absolute Gasteiger partial charge is 0.164 e. The van der Waals surface area contributed by atoms with Gasteiger partial charge >= 0.3 is 0 Å². The first-order valence-corrected chi connectivity index (χ1v) is 23.5. The standard InChI is InChI=1S/C59H44N4S/c1-3-13-39(14-4-1)45-27-25-43(36-53(45)63-51-23-9-7-19-47(51)50-37-44(26-28-52(50)63)59-32-29-38(30-33-59)31-34-59)58-61-56(40-15-5-2-6-16-40)60-57(62-58)42-18-11-17-41(35-42)46-21-12-22-49-48-20-8-10-24-54(48)64-55(46)49/h1-28,35-38H,29-34H2. The zero-order valence-corrected chi connectivity index (χ0v) is 36.2. The summed E-state index contributed by atoms with van der Waals surface area (Å²) in [7, 11) is 0. The Hall–Kier alpha value is -7.21. The molecule has 306 valence electrons. The predicted molar refractivity (Wildman–Crippen MR) is 267 cm³/mol. The van der Waals surface area contributed by atoms with Crippen LogP contribution in [0.3, 0.4) is 0 Å². The Labute approximate surface area is 376 Å². The van der Waals surface area contributed by atoms with Crippen LogP contribution < -0.4 is 0 Å². The van der Waals surface area contributed by atoms with Crippen molar-refractivity contribution in [3.05, 3.63) is 194 Å². The summed E-state index contributed by atoms with van der Waals surface area (Å²) in [6, 6.07) is 68.2. The number of hydrogen-bond donors (Lipinski definition) is 0. The number of thiophene rings is 1. The molecule has 0 N–H and O–H groups in total. The summed E-state index contributed by atoms with van der Waals surface area (Å²) in [5.41, 5.74) is 12.8. The molecule has 0 spiro atoms. The molecule has 64 heavy (non-hydrogen) atoms. The summed E-state index contributed by atoms with van der Waals surface area (Å²) in [5.74, 6) is 2.85. The molecular weight excluding hydrogens is 797 g/mol. The summed E-state index contributed by atoms with van der Waals surface area (Å²) in [4.78, 5) is 15.8. The third-order valence-electron chi connectivity index (χ3n) is 14.5. The molecule has 3 heterocycles. The molecule has 8 aromatic carbocycles. The molecule has 5 heteroatoms. The second kappa shape index (κ2) is 15.0. The molecule has 14 rings (SSSR count). The van der Waals surface area contributed by atoms with Gasteiger partial charge in [-0.2, -0.15) is 0 Å². The van der Waals surface area contributed by atoms with Crippen LogP contribution in [0, 0.1) is 5.92 Å². The fourth-order valence-electron chi connectivity index (χ4n) is 11.1. The van der Waals surface area contributed by atoms with E-state index in [1.807, 2.05) is 29.5 Å². The van der Waals surface area contributed by atoms with Crippen LogP contribution in [0.1, 0.15) is 44.1 Å². The number of rotatable bonds is 7. The summed E-state index contributed by atoms with van der Waals surface area (Å²) >= 11 is 1.85. The van der Waals surface area contributed by atoms with Gasteiger partial charge in [0.05, 0.1) is 16.7 Å².